The lowest BCUT2D eigenvalue weighted by Crippen LogP contribution is -2.35. The van der Waals surface area contributed by atoms with E-state index in [4.69, 9.17) is 5.11 Å². The first kappa shape index (κ1) is 13.4. The predicted molar refractivity (Wildman–Crippen MR) is 79.6 cm³/mol. The van der Waals surface area contributed by atoms with Crippen molar-refractivity contribution in [1.29, 1.82) is 0 Å². The number of anilines is 1. The maximum absolute atomic E-state index is 11.0. The van der Waals surface area contributed by atoms with Crippen LogP contribution in [0.1, 0.15) is 35.2 Å². The third kappa shape index (κ3) is 2.52. The summed E-state index contributed by atoms with van der Waals surface area (Å²) in [6.07, 6.45) is 3.89. The molecule has 4 nitrogen and oxygen atoms in total. The van der Waals surface area contributed by atoms with Crippen LogP contribution in [0, 0.1) is 6.92 Å². The molecule has 1 atom stereocenters. The van der Waals surface area contributed by atoms with Gasteiger partial charge in [0.1, 0.15) is 0 Å². The summed E-state index contributed by atoms with van der Waals surface area (Å²) in [5.74, 6) is -0.851. The maximum Gasteiger partial charge on any atom is 0.335 e. The minimum atomic E-state index is -0.851. The molecule has 1 unspecified atom stereocenters. The average Bonchev–Trinajstić information content (AvgIpc) is 3.09. The zero-order valence-corrected chi connectivity index (χ0v) is 12.0. The molecule has 2 aliphatic heterocycles. The lowest BCUT2D eigenvalue weighted by molar-refractivity contribution is 0.0697. The number of aryl methyl sites for hydroxylation is 1. The van der Waals surface area contributed by atoms with Crippen molar-refractivity contribution < 1.29 is 9.90 Å². The fraction of sp³-hybridized carbons (Fsp3) is 0.562. The second kappa shape index (κ2) is 5.44. The highest BCUT2D eigenvalue weighted by Gasteiger charge is 2.29. The van der Waals surface area contributed by atoms with E-state index < -0.39 is 5.97 Å². The van der Waals surface area contributed by atoms with E-state index in [2.05, 4.69) is 9.80 Å². The third-order valence-electron chi connectivity index (χ3n) is 4.60. The molecule has 0 amide bonds. The molecule has 1 aromatic carbocycles. The van der Waals surface area contributed by atoms with E-state index in [-0.39, 0.29) is 0 Å². The number of benzene rings is 1. The summed E-state index contributed by atoms with van der Waals surface area (Å²) in [6, 6.07) is 6.14. The summed E-state index contributed by atoms with van der Waals surface area (Å²) >= 11 is 0. The fourth-order valence-electron chi connectivity index (χ4n) is 3.51. The summed E-state index contributed by atoms with van der Waals surface area (Å²) in [7, 11) is 0. The number of hydrogen-bond donors (Lipinski definition) is 1. The van der Waals surface area contributed by atoms with Crippen molar-refractivity contribution in [1.82, 2.24) is 4.90 Å². The van der Waals surface area contributed by atoms with Gasteiger partial charge in [-0.2, -0.15) is 0 Å². The van der Waals surface area contributed by atoms with E-state index >= 15 is 0 Å². The van der Waals surface area contributed by atoms with Gasteiger partial charge in [-0.1, -0.05) is 0 Å². The van der Waals surface area contributed by atoms with Crippen LogP contribution in [0.2, 0.25) is 0 Å². The molecule has 3 rings (SSSR count). The van der Waals surface area contributed by atoms with Gasteiger partial charge in [0.2, 0.25) is 0 Å². The number of rotatable bonds is 3. The zero-order chi connectivity index (χ0) is 14.1. The maximum atomic E-state index is 11.0. The Morgan fingerprint density at radius 1 is 1.25 bits per heavy atom. The van der Waals surface area contributed by atoms with Gasteiger partial charge in [0.05, 0.1) is 5.56 Å². The fourth-order valence-corrected chi connectivity index (χ4v) is 3.51. The molecule has 0 radical (unpaired) electrons. The number of nitrogens with zero attached hydrogens (tertiary/aromatic N) is 2. The van der Waals surface area contributed by atoms with Crippen LogP contribution < -0.4 is 4.90 Å². The number of carboxylic acid groups (broad SMARTS) is 1. The highest BCUT2D eigenvalue weighted by Crippen LogP contribution is 2.28. The van der Waals surface area contributed by atoms with Crippen LogP contribution in [0.5, 0.6) is 0 Å². The summed E-state index contributed by atoms with van der Waals surface area (Å²) < 4.78 is 0. The minimum Gasteiger partial charge on any atom is -0.478 e. The molecular formula is C16H22N2O2. The van der Waals surface area contributed by atoms with Crippen LogP contribution in [0.4, 0.5) is 5.69 Å². The third-order valence-corrected chi connectivity index (χ3v) is 4.60. The summed E-state index contributed by atoms with van der Waals surface area (Å²) in [4.78, 5) is 16.0. The molecule has 0 aliphatic carbocycles. The summed E-state index contributed by atoms with van der Waals surface area (Å²) in [6.45, 7) is 6.65. The first-order chi connectivity index (χ1) is 9.65. The van der Waals surface area contributed by atoms with Gasteiger partial charge in [0.25, 0.3) is 0 Å². The number of likely N-dealkylation sites (tertiary alicyclic amines) is 1. The second-order valence-corrected chi connectivity index (χ2v) is 5.94. The van der Waals surface area contributed by atoms with Gasteiger partial charge in [0, 0.05) is 24.8 Å². The Kier molecular flexibility index (Phi) is 3.66. The van der Waals surface area contributed by atoms with Crippen molar-refractivity contribution in [2.45, 2.75) is 32.2 Å². The standard InChI is InChI=1S/C16H22N2O2/c1-12-10-13(16(19)20)4-5-15(12)18-9-6-14(11-18)17-7-2-3-8-17/h4-5,10,14H,2-3,6-9,11H2,1H3,(H,19,20). The Balaban J connectivity index is 1.72. The van der Waals surface area contributed by atoms with E-state index in [0.717, 1.165) is 18.7 Å². The van der Waals surface area contributed by atoms with Crippen LogP contribution in [0.15, 0.2) is 18.2 Å². The minimum absolute atomic E-state index is 0.376. The molecule has 0 bridgehead atoms. The quantitative estimate of drug-likeness (QED) is 0.919. The van der Waals surface area contributed by atoms with Crippen LogP contribution in [0.3, 0.4) is 0 Å². The molecule has 4 heteroatoms. The molecule has 2 fully saturated rings. The van der Waals surface area contributed by atoms with E-state index in [1.165, 1.54) is 38.0 Å². The highest BCUT2D eigenvalue weighted by molar-refractivity contribution is 5.88. The monoisotopic (exact) mass is 274 g/mol. The Morgan fingerprint density at radius 3 is 2.65 bits per heavy atom. The first-order valence-corrected chi connectivity index (χ1v) is 7.48. The van der Waals surface area contributed by atoms with E-state index in [1.54, 1.807) is 12.1 Å². The van der Waals surface area contributed by atoms with Gasteiger partial charge in [0.15, 0.2) is 0 Å². The molecule has 2 aliphatic rings. The van der Waals surface area contributed by atoms with Crippen LogP contribution >= 0.6 is 0 Å². The first-order valence-electron chi connectivity index (χ1n) is 7.48. The lowest BCUT2D eigenvalue weighted by atomic mass is 10.1. The highest BCUT2D eigenvalue weighted by atomic mass is 16.4. The summed E-state index contributed by atoms with van der Waals surface area (Å²) in [5, 5.41) is 9.03. The van der Waals surface area contributed by atoms with Gasteiger partial charge >= 0.3 is 5.97 Å². The van der Waals surface area contributed by atoms with Crippen LogP contribution in [-0.2, 0) is 0 Å². The van der Waals surface area contributed by atoms with Gasteiger partial charge in [-0.3, -0.25) is 4.90 Å². The second-order valence-electron chi connectivity index (χ2n) is 5.94. The molecule has 108 valence electrons. The largest absolute Gasteiger partial charge is 0.478 e. The van der Waals surface area contributed by atoms with E-state index in [1.807, 2.05) is 13.0 Å². The molecular weight excluding hydrogens is 252 g/mol. The topological polar surface area (TPSA) is 43.8 Å². The van der Waals surface area contributed by atoms with E-state index in [9.17, 15) is 4.79 Å². The molecule has 0 saturated carbocycles. The molecule has 2 heterocycles. The number of hydrogen-bond acceptors (Lipinski definition) is 3. The van der Waals surface area contributed by atoms with Gasteiger partial charge in [-0.15, -0.1) is 0 Å². The number of carboxylic acids is 1. The van der Waals surface area contributed by atoms with E-state index in [0.29, 0.717) is 11.6 Å². The van der Waals surface area contributed by atoms with Gasteiger partial charge in [-0.25, -0.2) is 4.79 Å². The zero-order valence-electron chi connectivity index (χ0n) is 12.0. The molecule has 1 N–H and O–H groups in total. The number of aromatic carboxylic acids is 1. The van der Waals surface area contributed by atoms with Crippen LogP contribution in [-0.4, -0.2) is 48.2 Å². The van der Waals surface area contributed by atoms with Crippen molar-refractivity contribution in [3.05, 3.63) is 29.3 Å². The van der Waals surface area contributed by atoms with Crippen molar-refractivity contribution in [3.8, 4) is 0 Å². The van der Waals surface area contributed by atoms with Crippen molar-refractivity contribution in [2.24, 2.45) is 0 Å². The Bertz CT molecular complexity index is 509. The predicted octanol–water partition coefficient (Wildman–Crippen LogP) is 2.37. The SMILES string of the molecule is Cc1cc(C(=O)O)ccc1N1CCC(N2CCCC2)C1. The molecule has 0 aromatic heterocycles. The molecule has 0 spiro atoms. The normalized spacial score (nSPS) is 23.4. The number of carbonyl (C=O) groups is 1. The Morgan fingerprint density at radius 2 is 2.00 bits per heavy atom. The summed E-state index contributed by atoms with van der Waals surface area (Å²) in [5.41, 5.74) is 2.63. The lowest BCUT2D eigenvalue weighted by Gasteiger charge is -2.25. The smallest absolute Gasteiger partial charge is 0.335 e. The average molecular weight is 274 g/mol. The molecule has 2 saturated heterocycles. The van der Waals surface area contributed by atoms with Crippen molar-refractivity contribution in [3.63, 3.8) is 0 Å². The Hall–Kier alpha value is -1.55. The van der Waals surface area contributed by atoms with Crippen molar-refractivity contribution in [2.75, 3.05) is 31.1 Å². The molecule has 20 heavy (non-hydrogen) atoms. The molecule has 1 aromatic rings. The van der Waals surface area contributed by atoms with Gasteiger partial charge in [-0.05, 0) is 63.0 Å². The van der Waals surface area contributed by atoms with Crippen LogP contribution in [0.25, 0.3) is 0 Å². The van der Waals surface area contributed by atoms with Crippen molar-refractivity contribution >= 4 is 11.7 Å². The Labute approximate surface area is 120 Å². The van der Waals surface area contributed by atoms with Gasteiger partial charge < -0.3 is 10.0 Å².